The molecule has 4 nitrogen and oxygen atoms in total. The molecule has 0 atom stereocenters. The van der Waals surface area contributed by atoms with Crippen molar-refractivity contribution in [1.29, 1.82) is 0 Å². The molecule has 1 rings (SSSR count). The first-order valence-corrected chi connectivity index (χ1v) is 5.27. The molecule has 0 aliphatic heterocycles. The van der Waals surface area contributed by atoms with Crippen LogP contribution in [0.1, 0.15) is 9.67 Å². The van der Waals surface area contributed by atoms with Gasteiger partial charge in [0.1, 0.15) is 0 Å². The molecule has 1 amide bonds. The Morgan fingerprint density at radius 2 is 2.21 bits per heavy atom. The Labute approximate surface area is 95.6 Å². The van der Waals surface area contributed by atoms with E-state index < -0.39 is 0 Å². The molecule has 0 spiro atoms. The maximum absolute atomic E-state index is 11.4. The highest BCUT2D eigenvalue weighted by Gasteiger charge is 2.07. The van der Waals surface area contributed by atoms with E-state index in [1.54, 1.807) is 19.2 Å². The third kappa shape index (κ3) is 3.13. The monoisotopic (exact) mass is 249 g/mol. The van der Waals surface area contributed by atoms with Crippen LogP contribution in [0, 0.1) is 0 Å². The fourth-order valence-electron chi connectivity index (χ4n) is 0.674. The zero-order valence-corrected chi connectivity index (χ0v) is 9.65. The van der Waals surface area contributed by atoms with Crippen LogP contribution in [-0.2, 0) is 0 Å². The number of carbonyl (C=O) groups is 1. The van der Waals surface area contributed by atoms with Crippen molar-refractivity contribution in [2.75, 3.05) is 7.05 Å². The van der Waals surface area contributed by atoms with Gasteiger partial charge in [0.25, 0.3) is 5.91 Å². The molecular weight excluding hydrogens is 242 g/mol. The molecule has 0 aliphatic carbocycles. The van der Waals surface area contributed by atoms with Crippen molar-refractivity contribution < 1.29 is 4.79 Å². The molecule has 0 radical (unpaired) electrons. The Kier molecular flexibility index (Phi) is 4.12. The van der Waals surface area contributed by atoms with Gasteiger partial charge in [-0.1, -0.05) is 11.6 Å². The summed E-state index contributed by atoms with van der Waals surface area (Å²) >= 11 is 11.6. The van der Waals surface area contributed by atoms with E-state index in [9.17, 15) is 4.79 Å². The molecule has 1 aromatic rings. The molecule has 0 unspecified atom stereocenters. The molecule has 14 heavy (non-hydrogen) atoms. The van der Waals surface area contributed by atoms with E-state index >= 15 is 0 Å². The predicted octanol–water partition coefficient (Wildman–Crippen LogP) is 1.14. The highest BCUT2D eigenvalue weighted by Crippen LogP contribution is 2.20. The number of hydrogen-bond donors (Lipinski definition) is 3. The van der Waals surface area contributed by atoms with Crippen molar-refractivity contribution in [3.8, 4) is 0 Å². The number of thiophene rings is 1. The van der Waals surface area contributed by atoms with Crippen molar-refractivity contribution in [3.05, 3.63) is 21.3 Å². The van der Waals surface area contributed by atoms with Crippen LogP contribution < -0.4 is 16.2 Å². The van der Waals surface area contributed by atoms with E-state index in [4.69, 9.17) is 23.8 Å². The van der Waals surface area contributed by atoms with Crippen molar-refractivity contribution >= 4 is 46.2 Å². The van der Waals surface area contributed by atoms with Crippen LogP contribution in [0.4, 0.5) is 0 Å². The summed E-state index contributed by atoms with van der Waals surface area (Å²) < 4.78 is 0.575. The lowest BCUT2D eigenvalue weighted by atomic mass is 10.4. The van der Waals surface area contributed by atoms with Crippen LogP contribution in [0.2, 0.25) is 4.34 Å². The van der Waals surface area contributed by atoms with Gasteiger partial charge in [-0.05, 0) is 24.4 Å². The van der Waals surface area contributed by atoms with Crippen molar-refractivity contribution in [2.24, 2.45) is 0 Å². The maximum Gasteiger partial charge on any atom is 0.279 e. The van der Waals surface area contributed by atoms with Crippen LogP contribution in [0.15, 0.2) is 12.1 Å². The molecule has 7 heteroatoms. The van der Waals surface area contributed by atoms with Gasteiger partial charge in [0.2, 0.25) is 0 Å². The second-order valence-corrected chi connectivity index (χ2v) is 4.39. The van der Waals surface area contributed by atoms with Crippen LogP contribution in [-0.4, -0.2) is 18.1 Å². The smallest absolute Gasteiger partial charge is 0.279 e. The second-order valence-electron chi connectivity index (χ2n) is 2.26. The van der Waals surface area contributed by atoms with Gasteiger partial charge in [-0.3, -0.25) is 15.6 Å². The van der Waals surface area contributed by atoms with Crippen LogP contribution in [0.5, 0.6) is 0 Å². The van der Waals surface area contributed by atoms with Gasteiger partial charge >= 0.3 is 0 Å². The fraction of sp³-hybridized carbons (Fsp3) is 0.143. The molecule has 0 saturated carbocycles. The topological polar surface area (TPSA) is 53.2 Å². The standard InChI is InChI=1S/C7H8ClN3OS2/c1-9-7(13)11-10-6(12)4-2-3-5(8)14-4/h2-3H,1H3,(H,10,12)(H2,9,11,13). The summed E-state index contributed by atoms with van der Waals surface area (Å²) in [5.41, 5.74) is 4.95. The summed E-state index contributed by atoms with van der Waals surface area (Å²) in [6, 6.07) is 3.31. The minimum Gasteiger partial charge on any atom is -0.364 e. The van der Waals surface area contributed by atoms with Gasteiger partial charge < -0.3 is 5.32 Å². The number of hydrazine groups is 1. The van der Waals surface area contributed by atoms with Gasteiger partial charge in [0.15, 0.2) is 5.11 Å². The van der Waals surface area contributed by atoms with Crippen molar-refractivity contribution in [1.82, 2.24) is 16.2 Å². The van der Waals surface area contributed by atoms with Crippen LogP contribution >= 0.6 is 35.2 Å². The predicted molar refractivity (Wildman–Crippen MR) is 61.6 cm³/mol. The largest absolute Gasteiger partial charge is 0.364 e. The molecule has 0 aromatic carbocycles. The Balaban J connectivity index is 2.47. The van der Waals surface area contributed by atoms with Crippen LogP contribution in [0.3, 0.4) is 0 Å². The molecule has 76 valence electrons. The fourth-order valence-corrected chi connectivity index (χ4v) is 1.66. The summed E-state index contributed by atoms with van der Waals surface area (Å²) in [5.74, 6) is -0.264. The van der Waals surface area contributed by atoms with Gasteiger partial charge in [-0.2, -0.15) is 0 Å². The van der Waals surface area contributed by atoms with Gasteiger partial charge in [0.05, 0.1) is 9.21 Å². The molecule has 0 aliphatic rings. The van der Waals surface area contributed by atoms with Gasteiger partial charge in [0, 0.05) is 7.05 Å². The summed E-state index contributed by atoms with van der Waals surface area (Å²) in [6.45, 7) is 0. The molecule has 0 saturated heterocycles. The summed E-state index contributed by atoms with van der Waals surface area (Å²) in [5, 5.41) is 3.01. The first kappa shape index (κ1) is 11.2. The Morgan fingerprint density at radius 1 is 1.50 bits per heavy atom. The Hall–Kier alpha value is -0.850. The third-order valence-electron chi connectivity index (χ3n) is 1.31. The van der Waals surface area contributed by atoms with Gasteiger partial charge in [-0.15, -0.1) is 11.3 Å². The third-order valence-corrected chi connectivity index (χ3v) is 2.85. The first-order chi connectivity index (χ1) is 6.63. The molecule has 3 N–H and O–H groups in total. The quantitative estimate of drug-likeness (QED) is 0.516. The lowest BCUT2D eigenvalue weighted by Crippen LogP contribution is -2.45. The maximum atomic E-state index is 11.4. The number of rotatable bonds is 1. The summed E-state index contributed by atoms with van der Waals surface area (Å²) in [7, 11) is 1.66. The number of thiocarbonyl (C=S) groups is 1. The minimum atomic E-state index is -0.264. The minimum absolute atomic E-state index is 0.264. The molecule has 1 heterocycles. The van der Waals surface area contributed by atoms with E-state index in [0.29, 0.717) is 14.3 Å². The highest BCUT2D eigenvalue weighted by molar-refractivity contribution is 7.80. The average molecular weight is 250 g/mol. The highest BCUT2D eigenvalue weighted by atomic mass is 35.5. The normalized spacial score (nSPS) is 9.29. The molecular formula is C7H8ClN3OS2. The summed E-state index contributed by atoms with van der Waals surface area (Å²) in [4.78, 5) is 11.9. The van der Waals surface area contributed by atoms with E-state index in [1.165, 1.54) is 11.3 Å². The van der Waals surface area contributed by atoms with Crippen LogP contribution in [0.25, 0.3) is 0 Å². The number of hydrogen-bond acceptors (Lipinski definition) is 3. The zero-order valence-electron chi connectivity index (χ0n) is 7.26. The first-order valence-electron chi connectivity index (χ1n) is 3.67. The average Bonchev–Trinajstić information content (AvgIpc) is 2.60. The summed E-state index contributed by atoms with van der Waals surface area (Å²) in [6.07, 6.45) is 0. The number of nitrogens with one attached hydrogen (secondary N) is 3. The second kappa shape index (κ2) is 5.14. The van der Waals surface area contributed by atoms with E-state index in [-0.39, 0.29) is 5.91 Å². The SMILES string of the molecule is CNC(=S)NNC(=O)c1ccc(Cl)s1. The van der Waals surface area contributed by atoms with E-state index in [2.05, 4.69) is 16.2 Å². The molecule has 0 bridgehead atoms. The van der Waals surface area contributed by atoms with Crippen molar-refractivity contribution in [2.45, 2.75) is 0 Å². The lowest BCUT2D eigenvalue weighted by molar-refractivity contribution is 0.0948. The number of halogens is 1. The van der Waals surface area contributed by atoms with E-state index in [1.807, 2.05) is 0 Å². The Bertz CT molecular complexity index is 352. The number of carbonyl (C=O) groups excluding carboxylic acids is 1. The molecule has 0 fully saturated rings. The van der Waals surface area contributed by atoms with Gasteiger partial charge in [-0.25, -0.2) is 0 Å². The van der Waals surface area contributed by atoms with E-state index in [0.717, 1.165) is 0 Å². The lowest BCUT2D eigenvalue weighted by Gasteiger charge is -2.06. The van der Waals surface area contributed by atoms with Crippen molar-refractivity contribution in [3.63, 3.8) is 0 Å². The molecule has 1 aromatic heterocycles. The Morgan fingerprint density at radius 3 is 2.71 bits per heavy atom. The zero-order chi connectivity index (χ0) is 10.6. The number of amides is 1.